The van der Waals surface area contributed by atoms with Gasteiger partial charge in [0.15, 0.2) is 0 Å². The maximum atomic E-state index is 11.3. The molecule has 0 saturated heterocycles. The summed E-state index contributed by atoms with van der Waals surface area (Å²) in [6, 6.07) is -0.173. The SMILES string of the molecule is CC(=O)[C@H](CC1=CC=CCC1)N(C)N. The monoisotopic (exact) mass is 194 g/mol. The van der Waals surface area contributed by atoms with Gasteiger partial charge in [0.2, 0.25) is 0 Å². The lowest BCUT2D eigenvalue weighted by Crippen LogP contribution is -2.42. The molecule has 0 aliphatic heterocycles. The largest absolute Gasteiger partial charge is 0.298 e. The summed E-state index contributed by atoms with van der Waals surface area (Å²) in [5.41, 5.74) is 1.31. The highest BCUT2D eigenvalue weighted by Gasteiger charge is 2.18. The number of nitrogens with zero attached hydrogens (tertiary/aromatic N) is 1. The van der Waals surface area contributed by atoms with E-state index in [1.165, 1.54) is 10.6 Å². The zero-order chi connectivity index (χ0) is 10.6. The molecule has 1 aliphatic rings. The molecular weight excluding hydrogens is 176 g/mol. The van der Waals surface area contributed by atoms with Gasteiger partial charge in [-0.1, -0.05) is 23.8 Å². The molecule has 1 rings (SSSR count). The number of likely N-dealkylation sites (N-methyl/N-ethyl adjacent to an activating group) is 1. The van der Waals surface area contributed by atoms with Gasteiger partial charge in [-0.3, -0.25) is 10.6 Å². The van der Waals surface area contributed by atoms with E-state index in [9.17, 15) is 4.79 Å². The Morgan fingerprint density at radius 3 is 2.86 bits per heavy atom. The molecule has 0 amide bonds. The molecule has 0 aromatic rings. The van der Waals surface area contributed by atoms with Gasteiger partial charge in [0.25, 0.3) is 0 Å². The molecule has 78 valence electrons. The standard InChI is InChI=1S/C11H18N2O/c1-9(14)11(13(2)12)8-10-6-4-3-5-7-10/h3-4,6,11H,5,7-8,12H2,1-2H3/t11-/m0/s1. The molecule has 0 aromatic heterocycles. The van der Waals surface area contributed by atoms with Gasteiger partial charge < -0.3 is 0 Å². The molecule has 0 spiro atoms. The van der Waals surface area contributed by atoms with E-state index in [4.69, 9.17) is 5.84 Å². The maximum absolute atomic E-state index is 11.3. The summed E-state index contributed by atoms with van der Waals surface area (Å²) >= 11 is 0. The van der Waals surface area contributed by atoms with Crippen molar-refractivity contribution in [3.05, 3.63) is 23.8 Å². The molecule has 2 N–H and O–H groups in total. The third-order valence-electron chi connectivity index (χ3n) is 2.52. The molecule has 14 heavy (non-hydrogen) atoms. The van der Waals surface area contributed by atoms with Gasteiger partial charge in [0.05, 0.1) is 6.04 Å². The van der Waals surface area contributed by atoms with Crippen LogP contribution in [0.2, 0.25) is 0 Å². The summed E-state index contributed by atoms with van der Waals surface area (Å²) in [7, 11) is 1.74. The van der Waals surface area contributed by atoms with Crippen molar-refractivity contribution >= 4 is 5.78 Å². The maximum Gasteiger partial charge on any atom is 0.148 e. The summed E-state index contributed by atoms with van der Waals surface area (Å²) in [5, 5.41) is 1.50. The van der Waals surface area contributed by atoms with Crippen LogP contribution in [0.4, 0.5) is 0 Å². The highest BCUT2D eigenvalue weighted by Crippen LogP contribution is 2.18. The highest BCUT2D eigenvalue weighted by atomic mass is 16.1. The summed E-state index contributed by atoms with van der Waals surface area (Å²) in [4.78, 5) is 11.3. The van der Waals surface area contributed by atoms with Crippen molar-refractivity contribution in [1.29, 1.82) is 0 Å². The number of allylic oxidation sites excluding steroid dienone is 3. The fourth-order valence-electron chi connectivity index (χ4n) is 1.65. The Hall–Kier alpha value is -0.930. The van der Waals surface area contributed by atoms with Crippen LogP contribution in [0.1, 0.15) is 26.2 Å². The van der Waals surface area contributed by atoms with Gasteiger partial charge in [-0.25, -0.2) is 5.01 Å². The van der Waals surface area contributed by atoms with E-state index in [2.05, 4.69) is 12.2 Å². The van der Waals surface area contributed by atoms with E-state index in [0.717, 1.165) is 19.3 Å². The minimum absolute atomic E-state index is 0.130. The average molecular weight is 194 g/mol. The quantitative estimate of drug-likeness (QED) is 0.544. The number of ketones is 1. The molecule has 1 aliphatic carbocycles. The van der Waals surface area contributed by atoms with E-state index in [-0.39, 0.29) is 11.8 Å². The summed E-state index contributed by atoms with van der Waals surface area (Å²) in [5.74, 6) is 5.75. The molecule has 3 heteroatoms. The number of hydrogen-bond donors (Lipinski definition) is 1. The van der Waals surface area contributed by atoms with Crippen molar-refractivity contribution in [3.8, 4) is 0 Å². The molecule has 0 saturated carbocycles. The minimum atomic E-state index is -0.173. The van der Waals surface area contributed by atoms with Crippen molar-refractivity contribution in [2.75, 3.05) is 7.05 Å². The number of hydrazine groups is 1. The molecule has 0 fully saturated rings. The second kappa shape index (κ2) is 5.08. The Morgan fingerprint density at radius 2 is 2.43 bits per heavy atom. The van der Waals surface area contributed by atoms with E-state index >= 15 is 0 Å². The van der Waals surface area contributed by atoms with Crippen LogP contribution < -0.4 is 5.84 Å². The summed E-state index contributed by atoms with van der Waals surface area (Å²) in [6.45, 7) is 1.59. The Balaban J connectivity index is 2.59. The van der Waals surface area contributed by atoms with Crippen molar-refractivity contribution in [2.24, 2.45) is 5.84 Å². The van der Waals surface area contributed by atoms with Gasteiger partial charge in [0, 0.05) is 7.05 Å². The van der Waals surface area contributed by atoms with Gasteiger partial charge >= 0.3 is 0 Å². The van der Waals surface area contributed by atoms with Crippen molar-refractivity contribution in [2.45, 2.75) is 32.2 Å². The van der Waals surface area contributed by atoms with Gasteiger partial charge in [-0.2, -0.15) is 0 Å². The molecule has 0 radical (unpaired) electrons. The Kier molecular flexibility index (Phi) is 4.04. The third-order valence-corrected chi connectivity index (χ3v) is 2.52. The number of nitrogens with two attached hydrogens (primary N) is 1. The third kappa shape index (κ3) is 3.09. The van der Waals surface area contributed by atoms with Crippen molar-refractivity contribution in [1.82, 2.24) is 5.01 Å². The average Bonchev–Trinajstić information content (AvgIpc) is 2.15. The number of hydrogen-bond acceptors (Lipinski definition) is 3. The van der Waals surface area contributed by atoms with Gasteiger partial charge in [0.1, 0.15) is 5.78 Å². The smallest absolute Gasteiger partial charge is 0.148 e. The first-order valence-corrected chi connectivity index (χ1v) is 4.94. The predicted octanol–water partition coefficient (Wildman–Crippen LogP) is 1.42. The first-order chi connectivity index (χ1) is 6.61. The van der Waals surface area contributed by atoms with Gasteiger partial charge in [-0.05, 0) is 26.2 Å². The van der Waals surface area contributed by atoms with Crippen LogP contribution in [-0.2, 0) is 4.79 Å². The van der Waals surface area contributed by atoms with Crippen LogP contribution in [0.25, 0.3) is 0 Å². The molecule has 1 atom stereocenters. The fraction of sp³-hybridized carbons (Fsp3) is 0.545. The first kappa shape index (κ1) is 11.1. The van der Waals surface area contributed by atoms with E-state index < -0.39 is 0 Å². The van der Waals surface area contributed by atoms with Gasteiger partial charge in [-0.15, -0.1) is 0 Å². The van der Waals surface area contributed by atoms with Crippen LogP contribution >= 0.6 is 0 Å². The van der Waals surface area contributed by atoms with Crippen LogP contribution in [-0.4, -0.2) is 23.9 Å². The van der Waals surface area contributed by atoms with Crippen LogP contribution in [0.15, 0.2) is 23.8 Å². The second-order valence-corrected chi connectivity index (χ2v) is 3.79. The summed E-state index contributed by atoms with van der Waals surface area (Å²) < 4.78 is 0. The Bertz CT molecular complexity index is 266. The molecule has 0 unspecified atom stereocenters. The van der Waals surface area contributed by atoms with Crippen molar-refractivity contribution < 1.29 is 4.79 Å². The second-order valence-electron chi connectivity index (χ2n) is 3.79. The lowest BCUT2D eigenvalue weighted by molar-refractivity contribution is -0.121. The Labute approximate surface area is 85.2 Å². The minimum Gasteiger partial charge on any atom is -0.298 e. The zero-order valence-corrected chi connectivity index (χ0v) is 8.86. The van der Waals surface area contributed by atoms with Crippen LogP contribution in [0.5, 0.6) is 0 Å². The van der Waals surface area contributed by atoms with E-state index in [1.807, 2.05) is 6.08 Å². The number of carbonyl (C=O) groups excluding carboxylic acids is 1. The fourth-order valence-corrected chi connectivity index (χ4v) is 1.65. The normalized spacial score (nSPS) is 18.1. The topological polar surface area (TPSA) is 46.3 Å². The van der Waals surface area contributed by atoms with Crippen LogP contribution in [0, 0.1) is 0 Å². The molecule has 3 nitrogen and oxygen atoms in total. The van der Waals surface area contributed by atoms with Crippen LogP contribution in [0.3, 0.4) is 0 Å². The highest BCUT2D eigenvalue weighted by molar-refractivity contribution is 5.81. The van der Waals surface area contributed by atoms with E-state index in [0.29, 0.717) is 0 Å². The predicted molar refractivity (Wildman–Crippen MR) is 57.5 cm³/mol. The van der Waals surface area contributed by atoms with Crippen molar-refractivity contribution in [3.63, 3.8) is 0 Å². The lowest BCUT2D eigenvalue weighted by atomic mass is 9.96. The summed E-state index contributed by atoms with van der Waals surface area (Å²) in [6.07, 6.45) is 9.15. The first-order valence-electron chi connectivity index (χ1n) is 4.94. The molecular formula is C11H18N2O. The number of Topliss-reactive ketones (excluding diaryl/α,β-unsaturated/α-hetero) is 1. The lowest BCUT2D eigenvalue weighted by Gasteiger charge is -2.22. The zero-order valence-electron chi connectivity index (χ0n) is 8.86. The van der Waals surface area contributed by atoms with E-state index in [1.54, 1.807) is 14.0 Å². The number of rotatable bonds is 4. The molecule has 0 aromatic carbocycles. The molecule has 0 bridgehead atoms. The molecule has 0 heterocycles. The number of carbonyl (C=O) groups is 1. The Morgan fingerprint density at radius 1 is 1.71 bits per heavy atom.